The van der Waals surface area contributed by atoms with Gasteiger partial charge in [-0.3, -0.25) is 4.79 Å². The second-order valence-electron chi connectivity index (χ2n) is 8.73. The molecule has 33 heavy (non-hydrogen) atoms. The lowest BCUT2D eigenvalue weighted by atomic mass is 9.64. The predicted molar refractivity (Wildman–Crippen MR) is 134 cm³/mol. The first kappa shape index (κ1) is 22.8. The van der Waals surface area contributed by atoms with Crippen LogP contribution in [-0.2, 0) is 16.6 Å². The molecule has 0 spiro atoms. The van der Waals surface area contributed by atoms with Crippen LogP contribution in [0.2, 0.25) is 0 Å². The Bertz CT molecular complexity index is 1160. The van der Waals surface area contributed by atoms with E-state index in [-0.39, 0.29) is 19.3 Å². The molecule has 170 valence electrons. The summed E-state index contributed by atoms with van der Waals surface area (Å²) in [6, 6.07) is 28.5. The molecule has 0 aliphatic carbocycles. The zero-order valence-corrected chi connectivity index (χ0v) is 18.1. The summed E-state index contributed by atoms with van der Waals surface area (Å²) in [6.45, 7) is 2.77. The number of fused-ring (bicyclic) bond motifs is 1. The van der Waals surface area contributed by atoms with Gasteiger partial charge in [-0.1, -0.05) is 74.2 Å². The molecule has 4 heteroatoms. The molecule has 1 aliphatic rings. The van der Waals surface area contributed by atoms with E-state index in [1.807, 2.05) is 72.8 Å². The number of primary amides is 1. The molecule has 2 N–H and O–H groups in total. The fraction of sp³-hybridized carbons (Fsp3) is 0.276. The maximum absolute atomic E-state index is 13.2. The Morgan fingerprint density at radius 1 is 0.970 bits per heavy atom. The molecule has 4 aromatic rings. The van der Waals surface area contributed by atoms with Gasteiger partial charge in [-0.15, -0.1) is 0 Å². The van der Waals surface area contributed by atoms with Gasteiger partial charge >= 0.3 is 0 Å². The number of carbonyl (C=O) groups is 1. The molecule has 5 rings (SSSR count). The molecule has 1 aliphatic heterocycles. The number of likely N-dealkylation sites (tertiary alicyclic amines) is 1. The smallest absolute Gasteiger partial charge is 0.232 e. The van der Waals surface area contributed by atoms with Crippen LogP contribution in [-0.4, -0.2) is 30.4 Å². The van der Waals surface area contributed by atoms with Gasteiger partial charge in [0, 0.05) is 18.5 Å². The van der Waals surface area contributed by atoms with Gasteiger partial charge in [-0.05, 0) is 60.2 Å². The first-order valence-electron chi connectivity index (χ1n) is 11.3. The second kappa shape index (κ2) is 9.63. The van der Waals surface area contributed by atoms with Crippen LogP contribution in [0.4, 0.5) is 0 Å². The molecule has 2 heterocycles. The number of hydrogen-bond acceptors (Lipinski definition) is 3. The maximum atomic E-state index is 13.2. The van der Waals surface area contributed by atoms with E-state index >= 15 is 0 Å². The number of rotatable bonds is 7. The van der Waals surface area contributed by atoms with Gasteiger partial charge in [0.1, 0.15) is 11.0 Å². The number of furan rings is 1. The molecule has 0 radical (unpaired) electrons. The van der Waals surface area contributed by atoms with Crippen molar-refractivity contribution in [1.82, 2.24) is 4.90 Å². The van der Waals surface area contributed by atoms with E-state index in [0.29, 0.717) is 0 Å². The average Bonchev–Trinajstić information content (AvgIpc) is 3.49. The predicted octanol–water partition coefficient (Wildman–Crippen LogP) is 5.40. The Morgan fingerprint density at radius 2 is 1.64 bits per heavy atom. The Hall–Kier alpha value is -3.37. The summed E-state index contributed by atoms with van der Waals surface area (Å²) in [5.41, 5.74) is 9.56. The Morgan fingerprint density at radius 3 is 2.27 bits per heavy atom. The number of carbonyl (C=O) groups excluding carboxylic acids is 1. The molecule has 1 atom stereocenters. The van der Waals surface area contributed by atoms with E-state index in [4.69, 9.17) is 10.2 Å². The molecule has 0 saturated carbocycles. The van der Waals surface area contributed by atoms with Crippen molar-refractivity contribution in [2.45, 2.75) is 25.7 Å². The third kappa shape index (κ3) is 4.19. The largest absolute Gasteiger partial charge is 0.464 e. The number of nitrogens with two attached hydrogens (primary N) is 1. The lowest BCUT2D eigenvalue weighted by Crippen LogP contribution is -2.49. The summed E-state index contributed by atoms with van der Waals surface area (Å²) < 4.78 is 5.45. The molecular formula is C29H32N2O2. The molecule has 1 saturated heterocycles. The molecule has 3 aromatic carbocycles. The summed E-state index contributed by atoms with van der Waals surface area (Å²) in [5, 5.41) is 1.14. The van der Waals surface area contributed by atoms with Crippen molar-refractivity contribution in [3.05, 3.63) is 108 Å². The summed E-state index contributed by atoms with van der Waals surface area (Å²) >= 11 is 0. The number of hydrogen-bond donors (Lipinski definition) is 1. The molecule has 4 nitrogen and oxygen atoms in total. The highest BCUT2D eigenvalue weighted by Gasteiger charge is 2.49. The second-order valence-corrected chi connectivity index (χ2v) is 8.73. The van der Waals surface area contributed by atoms with E-state index in [1.165, 1.54) is 5.56 Å². The highest BCUT2D eigenvalue weighted by atomic mass is 16.3. The first-order chi connectivity index (χ1) is 15.7. The fourth-order valence-electron chi connectivity index (χ4n) is 5.37. The minimum Gasteiger partial charge on any atom is -0.464 e. The standard InChI is InChI=1S/C28H28N2O2.CH4/c29-27(31)28(23-7-3-1-4-8-23,24-9-5-2-6-10-24)25-14-17-30(20-25)16-13-21-11-12-26-22(19-21)15-18-32-26;/h1-12,15,18-19,25H,13-14,16-17,20H2,(H2,29,31);1H4/t25-;/m1./s1. The van der Waals surface area contributed by atoms with E-state index in [2.05, 4.69) is 17.0 Å². The Kier molecular flexibility index (Phi) is 6.66. The van der Waals surface area contributed by atoms with Gasteiger partial charge in [-0.2, -0.15) is 0 Å². The molecular weight excluding hydrogens is 408 g/mol. The van der Waals surface area contributed by atoms with Crippen LogP contribution in [0.5, 0.6) is 0 Å². The molecule has 1 amide bonds. The van der Waals surface area contributed by atoms with Crippen LogP contribution in [0.3, 0.4) is 0 Å². The highest BCUT2D eigenvalue weighted by molar-refractivity contribution is 5.91. The fourth-order valence-corrected chi connectivity index (χ4v) is 5.37. The SMILES string of the molecule is C.NC(=O)C(c1ccccc1)(c1ccccc1)[C@@H]1CCN(CCc2ccc3occc3c2)C1. The van der Waals surface area contributed by atoms with E-state index in [1.54, 1.807) is 6.26 Å². The normalized spacial score (nSPS) is 16.5. The number of nitrogens with zero attached hydrogens (tertiary/aromatic N) is 1. The monoisotopic (exact) mass is 440 g/mol. The zero-order chi connectivity index (χ0) is 22.0. The number of amides is 1. The van der Waals surface area contributed by atoms with E-state index < -0.39 is 5.41 Å². The summed E-state index contributed by atoms with van der Waals surface area (Å²) in [7, 11) is 0. The molecule has 0 bridgehead atoms. The highest BCUT2D eigenvalue weighted by Crippen LogP contribution is 2.43. The quantitative estimate of drug-likeness (QED) is 0.418. The van der Waals surface area contributed by atoms with Crippen LogP contribution in [0.15, 0.2) is 95.6 Å². The van der Waals surface area contributed by atoms with Crippen molar-refractivity contribution >= 4 is 16.9 Å². The van der Waals surface area contributed by atoms with Gasteiger partial charge < -0.3 is 15.1 Å². The van der Waals surface area contributed by atoms with Crippen molar-refractivity contribution in [3.63, 3.8) is 0 Å². The van der Waals surface area contributed by atoms with Crippen LogP contribution in [0.1, 0.15) is 30.5 Å². The molecule has 0 unspecified atom stereocenters. The average molecular weight is 441 g/mol. The minimum absolute atomic E-state index is 0. The summed E-state index contributed by atoms with van der Waals surface area (Å²) in [5.74, 6) is -0.145. The third-order valence-corrected chi connectivity index (χ3v) is 6.97. The lowest BCUT2D eigenvalue weighted by molar-refractivity contribution is -0.123. The lowest BCUT2D eigenvalue weighted by Gasteiger charge is -2.37. The number of benzene rings is 3. The first-order valence-corrected chi connectivity index (χ1v) is 11.3. The van der Waals surface area contributed by atoms with Crippen LogP contribution < -0.4 is 5.73 Å². The van der Waals surface area contributed by atoms with E-state index in [0.717, 1.165) is 54.6 Å². The van der Waals surface area contributed by atoms with Gasteiger partial charge in [0.2, 0.25) is 5.91 Å². The molecule has 1 fully saturated rings. The van der Waals surface area contributed by atoms with Gasteiger partial charge in [0.25, 0.3) is 0 Å². The van der Waals surface area contributed by atoms with Crippen molar-refractivity contribution in [2.75, 3.05) is 19.6 Å². The summed E-state index contributed by atoms with van der Waals surface area (Å²) in [6.07, 6.45) is 3.64. The van der Waals surface area contributed by atoms with Gasteiger partial charge in [-0.25, -0.2) is 0 Å². The van der Waals surface area contributed by atoms with Crippen LogP contribution in [0.25, 0.3) is 11.0 Å². The van der Waals surface area contributed by atoms with Crippen LogP contribution >= 0.6 is 0 Å². The summed E-state index contributed by atoms with van der Waals surface area (Å²) in [4.78, 5) is 15.7. The van der Waals surface area contributed by atoms with Crippen molar-refractivity contribution < 1.29 is 9.21 Å². The van der Waals surface area contributed by atoms with Crippen molar-refractivity contribution in [2.24, 2.45) is 11.7 Å². The maximum Gasteiger partial charge on any atom is 0.232 e. The Balaban J connectivity index is 0.00000259. The van der Waals surface area contributed by atoms with E-state index in [9.17, 15) is 4.79 Å². The zero-order valence-electron chi connectivity index (χ0n) is 18.1. The Labute approximate surface area is 196 Å². The van der Waals surface area contributed by atoms with Crippen molar-refractivity contribution in [1.29, 1.82) is 0 Å². The van der Waals surface area contributed by atoms with Gasteiger partial charge in [0.15, 0.2) is 0 Å². The van der Waals surface area contributed by atoms with Crippen LogP contribution in [0, 0.1) is 5.92 Å². The van der Waals surface area contributed by atoms with Crippen molar-refractivity contribution in [3.8, 4) is 0 Å². The minimum atomic E-state index is -0.826. The third-order valence-electron chi connectivity index (χ3n) is 6.97. The molecule has 1 aromatic heterocycles. The van der Waals surface area contributed by atoms with Gasteiger partial charge in [0.05, 0.1) is 6.26 Å². The topological polar surface area (TPSA) is 59.5 Å².